The highest BCUT2D eigenvalue weighted by Gasteiger charge is 2.13. The highest BCUT2D eigenvalue weighted by atomic mass is 32.1. The van der Waals surface area contributed by atoms with Crippen molar-refractivity contribution in [2.75, 3.05) is 7.11 Å². The molecule has 0 aromatic heterocycles. The van der Waals surface area contributed by atoms with Crippen molar-refractivity contribution in [2.24, 2.45) is 0 Å². The van der Waals surface area contributed by atoms with Crippen molar-refractivity contribution >= 4 is 23.2 Å². The Kier molecular flexibility index (Phi) is 4.24. The van der Waals surface area contributed by atoms with Crippen LogP contribution < -0.4 is 5.32 Å². The Morgan fingerprint density at radius 1 is 1.40 bits per heavy atom. The molecule has 1 aromatic carbocycles. The lowest BCUT2D eigenvalue weighted by Gasteiger charge is -2.13. The Morgan fingerprint density at radius 3 is 2.53 bits per heavy atom. The van der Waals surface area contributed by atoms with E-state index in [9.17, 15) is 4.79 Å². The zero-order chi connectivity index (χ0) is 11.3. The minimum Gasteiger partial charge on any atom is -0.467 e. The number of carbonyl (C=O) groups excluding carboxylic acids is 1. The smallest absolute Gasteiger partial charge is 0.328 e. The Bertz CT molecular complexity index is 351. The molecule has 1 unspecified atom stereocenters. The monoisotopic (exact) mass is 223 g/mol. The number of esters is 1. The molecule has 0 radical (unpaired) electrons. The van der Waals surface area contributed by atoms with E-state index in [1.165, 1.54) is 7.11 Å². The fourth-order valence-corrected chi connectivity index (χ4v) is 1.42. The van der Waals surface area contributed by atoms with E-state index in [0.717, 1.165) is 5.56 Å². The third-order valence-electron chi connectivity index (χ3n) is 1.94. The average molecular weight is 223 g/mol. The van der Waals surface area contributed by atoms with E-state index in [2.05, 4.69) is 10.1 Å². The number of nitrogens with one attached hydrogen (secondary N) is 1. The van der Waals surface area contributed by atoms with Gasteiger partial charge in [0.15, 0.2) is 0 Å². The van der Waals surface area contributed by atoms with E-state index in [-0.39, 0.29) is 5.97 Å². The van der Waals surface area contributed by atoms with Crippen LogP contribution in [0.1, 0.15) is 12.5 Å². The predicted molar refractivity (Wildman–Crippen MR) is 62.8 cm³/mol. The van der Waals surface area contributed by atoms with Crippen LogP contribution in [-0.2, 0) is 9.53 Å². The molecule has 0 aliphatic carbocycles. The fraction of sp³-hybridized carbons (Fsp3) is 0.273. The van der Waals surface area contributed by atoms with Crippen LogP contribution in [0.2, 0.25) is 0 Å². The summed E-state index contributed by atoms with van der Waals surface area (Å²) in [4.78, 5) is 11.7. The van der Waals surface area contributed by atoms with E-state index in [1.807, 2.05) is 30.3 Å². The van der Waals surface area contributed by atoms with Crippen molar-refractivity contribution in [1.29, 1.82) is 0 Å². The Labute approximate surface area is 94.4 Å². The first-order chi connectivity index (χ1) is 7.15. The van der Waals surface area contributed by atoms with Gasteiger partial charge in [0.1, 0.15) is 11.0 Å². The van der Waals surface area contributed by atoms with Crippen LogP contribution in [0, 0.1) is 0 Å². The summed E-state index contributed by atoms with van der Waals surface area (Å²) in [6.07, 6.45) is 0. The molecule has 0 saturated heterocycles. The van der Waals surface area contributed by atoms with Gasteiger partial charge in [-0.25, -0.2) is 4.79 Å². The summed E-state index contributed by atoms with van der Waals surface area (Å²) in [5, 5.41) is 2.90. The average Bonchev–Trinajstić information content (AvgIpc) is 2.29. The second kappa shape index (κ2) is 5.46. The molecule has 4 heteroatoms. The third kappa shape index (κ3) is 3.32. The van der Waals surface area contributed by atoms with Crippen LogP contribution in [0.4, 0.5) is 0 Å². The molecule has 0 spiro atoms. The van der Waals surface area contributed by atoms with Crippen LogP contribution in [-0.4, -0.2) is 24.1 Å². The first kappa shape index (κ1) is 11.7. The maximum absolute atomic E-state index is 11.1. The van der Waals surface area contributed by atoms with Crippen molar-refractivity contribution in [3.05, 3.63) is 35.9 Å². The van der Waals surface area contributed by atoms with Crippen LogP contribution in [0.25, 0.3) is 0 Å². The molecule has 0 bridgehead atoms. The van der Waals surface area contributed by atoms with Crippen LogP contribution in [0.15, 0.2) is 30.3 Å². The summed E-state index contributed by atoms with van der Waals surface area (Å²) in [6.45, 7) is 1.71. The molecular formula is C11H13NO2S. The maximum Gasteiger partial charge on any atom is 0.328 e. The molecule has 0 aliphatic heterocycles. The topological polar surface area (TPSA) is 38.3 Å². The van der Waals surface area contributed by atoms with E-state index in [0.29, 0.717) is 4.99 Å². The van der Waals surface area contributed by atoms with Crippen LogP contribution in [0.5, 0.6) is 0 Å². The van der Waals surface area contributed by atoms with Crippen molar-refractivity contribution in [3.8, 4) is 0 Å². The first-order valence-electron chi connectivity index (χ1n) is 4.59. The summed E-state index contributed by atoms with van der Waals surface area (Å²) in [6, 6.07) is 9.05. The number of rotatable bonds is 3. The minimum absolute atomic E-state index is 0.326. The summed E-state index contributed by atoms with van der Waals surface area (Å²) in [5.41, 5.74) is 0.892. The molecule has 3 nitrogen and oxygen atoms in total. The number of thiocarbonyl (C=S) groups is 1. The highest BCUT2D eigenvalue weighted by molar-refractivity contribution is 7.80. The zero-order valence-corrected chi connectivity index (χ0v) is 9.51. The van der Waals surface area contributed by atoms with E-state index in [4.69, 9.17) is 12.2 Å². The molecule has 15 heavy (non-hydrogen) atoms. The Balaban J connectivity index is 2.61. The molecular weight excluding hydrogens is 210 g/mol. The maximum atomic E-state index is 11.1. The standard InChI is InChI=1S/C11H13NO2S/c1-8(11(13)14-2)12-10(15)9-6-4-3-5-7-9/h3-8H,1-2H3,(H,12,15). The summed E-state index contributed by atoms with van der Waals surface area (Å²) in [5.74, 6) is -0.326. The fourth-order valence-electron chi connectivity index (χ4n) is 1.11. The second-order valence-electron chi connectivity index (χ2n) is 3.08. The number of carbonyl (C=O) groups is 1. The lowest BCUT2D eigenvalue weighted by molar-refractivity contribution is -0.142. The van der Waals surface area contributed by atoms with Crippen LogP contribution >= 0.6 is 12.2 Å². The quantitative estimate of drug-likeness (QED) is 0.623. The van der Waals surface area contributed by atoms with E-state index < -0.39 is 6.04 Å². The minimum atomic E-state index is -0.428. The van der Waals surface area contributed by atoms with Crippen LogP contribution in [0.3, 0.4) is 0 Å². The second-order valence-corrected chi connectivity index (χ2v) is 3.49. The molecule has 1 N–H and O–H groups in total. The molecule has 80 valence electrons. The lowest BCUT2D eigenvalue weighted by Crippen LogP contribution is -2.38. The Hall–Kier alpha value is -1.42. The molecule has 1 atom stereocenters. The highest BCUT2D eigenvalue weighted by Crippen LogP contribution is 2.00. The van der Waals surface area contributed by atoms with Gasteiger partial charge in [0.25, 0.3) is 0 Å². The number of methoxy groups -OCH3 is 1. The van der Waals surface area contributed by atoms with Gasteiger partial charge in [-0.1, -0.05) is 42.5 Å². The first-order valence-corrected chi connectivity index (χ1v) is 4.99. The number of hydrogen-bond acceptors (Lipinski definition) is 3. The van der Waals surface area contributed by atoms with Crippen molar-refractivity contribution in [3.63, 3.8) is 0 Å². The van der Waals surface area contributed by atoms with Gasteiger partial charge in [-0.2, -0.15) is 0 Å². The molecule has 1 rings (SSSR count). The molecule has 0 amide bonds. The SMILES string of the molecule is COC(=O)C(C)NC(=S)c1ccccc1. The van der Waals surface area contributed by atoms with Crippen molar-refractivity contribution < 1.29 is 9.53 Å². The molecule has 0 heterocycles. The number of benzene rings is 1. The number of ether oxygens (including phenoxy) is 1. The summed E-state index contributed by atoms with van der Waals surface area (Å²) < 4.78 is 4.59. The van der Waals surface area contributed by atoms with Gasteiger partial charge in [0, 0.05) is 5.56 Å². The summed E-state index contributed by atoms with van der Waals surface area (Å²) in [7, 11) is 1.35. The Morgan fingerprint density at radius 2 is 2.00 bits per heavy atom. The largest absolute Gasteiger partial charge is 0.467 e. The molecule has 0 saturated carbocycles. The molecule has 0 aliphatic rings. The van der Waals surface area contributed by atoms with Gasteiger partial charge in [-0.15, -0.1) is 0 Å². The van der Waals surface area contributed by atoms with Gasteiger partial charge in [0.05, 0.1) is 7.11 Å². The summed E-state index contributed by atoms with van der Waals surface area (Å²) >= 11 is 5.15. The zero-order valence-electron chi connectivity index (χ0n) is 8.69. The van der Waals surface area contributed by atoms with Gasteiger partial charge in [0.2, 0.25) is 0 Å². The molecule has 1 aromatic rings. The van der Waals surface area contributed by atoms with Crippen molar-refractivity contribution in [2.45, 2.75) is 13.0 Å². The normalized spacial score (nSPS) is 11.6. The van der Waals surface area contributed by atoms with E-state index in [1.54, 1.807) is 6.92 Å². The third-order valence-corrected chi connectivity index (χ3v) is 2.29. The predicted octanol–water partition coefficient (Wildman–Crippen LogP) is 1.51. The van der Waals surface area contributed by atoms with Crippen molar-refractivity contribution in [1.82, 2.24) is 5.32 Å². The number of hydrogen-bond donors (Lipinski definition) is 1. The van der Waals surface area contributed by atoms with Gasteiger partial charge in [-0.05, 0) is 6.92 Å². The van der Waals surface area contributed by atoms with Gasteiger partial charge in [-0.3, -0.25) is 0 Å². The lowest BCUT2D eigenvalue weighted by atomic mass is 10.2. The van der Waals surface area contributed by atoms with Gasteiger partial charge < -0.3 is 10.1 Å². The van der Waals surface area contributed by atoms with E-state index >= 15 is 0 Å². The van der Waals surface area contributed by atoms with Gasteiger partial charge >= 0.3 is 5.97 Å². The molecule has 0 fully saturated rings.